The fourth-order valence-electron chi connectivity index (χ4n) is 6.98. The van der Waals surface area contributed by atoms with Crippen molar-refractivity contribution in [3.63, 3.8) is 0 Å². The summed E-state index contributed by atoms with van der Waals surface area (Å²) < 4.78 is 5.99. The van der Waals surface area contributed by atoms with Crippen LogP contribution in [-0.4, -0.2) is 12.7 Å². The van der Waals surface area contributed by atoms with E-state index in [1.54, 1.807) is 0 Å². The summed E-state index contributed by atoms with van der Waals surface area (Å²) in [6.07, 6.45) is 0.796. The second-order valence-corrected chi connectivity index (χ2v) is 9.60. The highest BCUT2D eigenvalue weighted by Crippen LogP contribution is 2.65. The molecule has 0 saturated heterocycles. The van der Waals surface area contributed by atoms with Gasteiger partial charge in [0.05, 0.1) is 5.41 Å². The summed E-state index contributed by atoms with van der Waals surface area (Å²) in [6.45, 7) is 0. The van der Waals surface area contributed by atoms with Gasteiger partial charge in [0, 0.05) is 17.5 Å². The van der Waals surface area contributed by atoms with Crippen LogP contribution < -0.4 is 4.65 Å². The van der Waals surface area contributed by atoms with Crippen LogP contribution in [0.5, 0.6) is 5.75 Å². The molecule has 0 unspecified atom stereocenters. The van der Waals surface area contributed by atoms with Gasteiger partial charge in [0.25, 0.3) is 0 Å². The molecule has 3 aliphatic rings. The zero-order valence-electron chi connectivity index (χ0n) is 19.0. The number of fused-ring (bicyclic) bond motifs is 13. The molecule has 163 valence electrons. The predicted molar refractivity (Wildman–Crippen MR) is 140 cm³/mol. The van der Waals surface area contributed by atoms with E-state index in [1.807, 2.05) is 0 Å². The van der Waals surface area contributed by atoms with Gasteiger partial charge in [-0.15, -0.1) is 0 Å². The van der Waals surface area contributed by atoms with Crippen molar-refractivity contribution in [1.29, 1.82) is 0 Å². The van der Waals surface area contributed by atoms with Gasteiger partial charge in [0.15, 0.2) is 0 Å². The zero-order valence-corrected chi connectivity index (χ0v) is 19.0. The van der Waals surface area contributed by atoms with Gasteiger partial charge in [0.2, 0.25) is 0 Å². The molecular formula is C32H20BO2. The third kappa shape index (κ3) is 2.20. The minimum Gasteiger partial charge on any atom is -0.537 e. The van der Waals surface area contributed by atoms with Crippen LogP contribution in [0.4, 0.5) is 0 Å². The molecule has 1 N–H and O–H groups in total. The summed E-state index contributed by atoms with van der Waals surface area (Å²) in [5, 5.41) is 9.87. The molecule has 8 rings (SSSR count). The fourth-order valence-corrected chi connectivity index (χ4v) is 6.98. The van der Waals surface area contributed by atoms with Gasteiger partial charge in [-0.05, 0) is 61.7 Å². The molecular weight excluding hydrogens is 427 g/mol. The predicted octanol–water partition coefficient (Wildman–Crippen LogP) is 6.51. The number of rotatable bonds is 2. The number of hydrogen-bond acceptors (Lipinski definition) is 2. The first kappa shape index (κ1) is 19.3. The molecule has 0 amide bonds. The van der Waals surface area contributed by atoms with Gasteiger partial charge < -0.3 is 9.68 Å². The Labute approximate surface area is 204 Å². The van der Waals surface area contributed by atoms with E-state index in [0.717, 1.165) is 31.0 Å². The molecule has 0 fully saturated rings. The maximum atomic E-state index is 9.87. The Morgan fingerprint density at radius 1 is 0.600 bits per heavy atom. The van der Waals surface area contributed by atoms with E-state index in [0.29, 0.717) is 0 Å². The van der Waals surface area contributed by atoms with E-state index in [4.69, 9.17) is 4.65 Å². The highest BCUT2D eigenvalue weighted by atomic mass is 16.5. The highest BCUT2D eigenvalue weighted by Gasteiger charge is 2.53. The van der Waals surface area contributed by atoms with E-state index < -0.39 is 5.41 Å². The summed E-state index contributed by atoms with van der Waals surface area (Å²) in [5.41, 5.74) is 14.4. The first-order chi connectivity index (χ1) is 17.3. The maximum Gasteiger partial charge on any atom is 0.569 e. The van der Waals surface area contributed by atoms with Gasteiger partial charge in [-0.1, -0.05) is 97.1 Å². The van der Waals surface area contributed by atoms with Gasteiger partial charge in [-0.2, -0.15) is 0 Å². The summed E-state index contributed by atoms with van der Waals surface area (Å²) >= 11 is 0. The van der Waals surface area contributed by atoms with E-state index >= 15 is 0 Å². The average molecular weight is 447 g/mol. The molecule has 0 bridgehead atoms. The quantitative estimate of drug-likeness (QED) is 0.306. The number of hydrogen-bond donors (Lipinski definition) is 1. The van der Waals surface area contributed by atoms with Crippen LogP contribution in [-0.2, 0) is 11.8 Å². The molecule has 0 saturated carbocycles. The fraction of sp³-hybridized carbons (Fsp3) is 0.0625. The Hall–Kier alpha value is -4.08. The van der Waals surface area contributed by atoms with Crippen molar-refractivity contribution in [1.82, 2.24) is 0 Å². The van der Waals surface area contributed by atoms with Crippen molar-refractivity contribution in [2.24, 2.45) is 0 Å². The van der Waals surface area contributed by atoms with Crippen molar-refractivity contribution in [3.05, 3.63) is 137 Å². The summed E-state index contributed by atoms with van der Waals surface area (Å²) in [7, 11) is 0.836. The third-order valence-corrected chi connectivity index (χ3v) is 8.19. The van der Waals surface area contributed by atoms with Crippen LogP contribution in [0.1, 0.15) is 33.4 Å². The molecule has 35 heavy (non-hydrogen) atoms. The first-order valence-corrected chi connectivity index (χ1v) is 12.0. The van der Waals surface area contributed by atoms with E-state index in [-0.39, 0.29) is 0 Å². The largest absolute Gasteiger partial charge is 0.569 e. The SMILES string of the molecule is O[B]Oc1c2c(cc3c1-c1ccccc1C31c3ccccc3-c3ccccc31)-c1ccccc1C2. The monoisotopic (exact) mass is 447 g/mol. The molecule has 2 nitrogen and oxygen atoms in total. The molecule has 1 radical (unpaired) electrons. The Morgan fingerprint density at radius 3 is 1.80 bits per heavy atom. The molecule has 1 spiro atoms. The van der Waals surface area contributed by atoms with Gasteiger partial charge in [-0.25, -0.2) is 0 Å². The Bertz CT molecular complexity index is 1660. The molecule has 0 atom stereocenters. The van der Waals surface area contributed by atoms with Crippen LogP contribution in [0.3, 0.4) is 0 Å². The molecule has 0 heterocycles. The van der Waals surface area contributed by atoms with Crippen molar-refractivity contribution in [2.75, 3.05) is 0 Å². The van der Waals surface area contributed by atoms with Crippen molar-refractivity contribution < 1.29 is 9.68 Å². The Kier molecular flexibility index (Phi) is 3.71. The summed E-state index contributed by atoms with van der Waals surface area (Å²) in [4.78, 5) is 0. The lowest BCUT2D eigenvalue weighted by Gasteiger charge is -2.31. The lowest BCUT2D eigenvalue weighted by atomic mass is 9.70. The minimum atomic E-state index is -0.431. The second kappa shape index (κ2) is 6.75. The van der Waals surface area contributed by atoms with Gasteiger partial charge in [-0.3, -0.25) is 0 Å². The zero-order chi connectivity index (χ0) is 23.1. The van der Waals surface area contributed by atoms with Crippen molar-refractivity contribution in [2.45, 2.75) is 11.8 Å². The lowest BCUT2D eigenvalue weighted by molar-refractivity contribution is 0.452. The smallest absolute Gasteiger partial charge is 0.537 e. The van der Waals surface area contributed by atoms with Crippen LogP contribution >= 0.6 is 0 Å². The normalized spacial score (nSPS) is 14.5. The van der Waals surface area contributed by atoms with Crippen LogP contribution in [0, 0.1) is 0 Å². The second-order valence-electron chi connectivity index (χ2n) is 9.60. The molecule has 3 heteroatoms. The average Bonchev–Trinajstić information content (AvgIpc) is 3.53. The molecule has 3 aliphatic carbocycles. The Balaban J connectivity index is 1.58. The first-order valence-electron chi connectivity index (χ1n) is 12.0. The van der Waals surface area contributed by atoms with Gasteiger partial charge in [0.1, 0.15) is 5.75 Å². The topological polar surface area (TPSA) is 29.5 Å². The standard InChI is InChI=1S/C32H20BO2/c34-33-35-31-25-17-19-9-1-2-10-20(19)24(25)18-29-30(31)23-13-5-8-16-28(23)32(29)26-14-6-3-11-21(26)22-12-4-7-15-27(22)32/h1-16,18,34H,17H2. The van der Waals surface area contributed by atoms with E-state index in [9.17, 15) is 5.02 Å². The van der Waals surface area contributed by atoms with Gasteiger partial charge >= 0.3 is 7.69 Å². The molecule has 0 aromatic heterocycles. The summed E-state index contributed by atoms with van der Waals surface area (Å²) in [5.74, 6) is 0.766. The van der Waals surface area contributed by atoms with Crippen LogP contribution in [0.15, 0.2) is 103 Å². The number of benzene rings is 5. The minimum absolute atomic E-state index is 0.431. The van der Waals surface area contributed by atoms with Crippen LogP contribution in [0.25, 0.3) is 33.4 Å². The third-order valence-electron chi connectivity index (χ3n) is 8.19. The highest BCUT2D eigenvalue weighted by molar-refractivity contribution is 6.18. The molecule has 5 aromatic rings. The lowest BCUT2D eigenvalue weighted by Crippen LogP contribution is -2.26. The molecule has 0 aliphatic heterocycles. The summed E-state index contributed by atoms with van der Waals surface area (Å²) in [6, 6.07) is 37.3. The Morgan fingerprint density at radius 2 is 1.14 bits per heavy atom. The van der Waals surface area contributed by atoms with Crippen molar-refractivity contribution >= 4 is 7.69 Å². The van der Waals surface area contributed by atoms with Crippen molar-refractivity contribution in [3.8, 4) is 39.1 Å². The maximum absolute atomic E-state index is 9.87. The van der Waals surface area contributed by atoms with E-state index in [2.05, 4.69) is 103 Å². The van der Waals surface area contributed by atoms with Crippen LogP contribution in [0.2, 0.25) is 0 Å². The van der Waals surface area contributed by atoms with E-state index in [1.165, 1.54) is 55.6 Å². The molecule has 5 aromatic carbocycles.